The number of aromatic nitrogens is 2. The number of thiazole rings is 1. The fourth-order valence-corrected chi connectivity index (χ4v) is 6.50. The number of anilines is 2. The van der Waals surface area contributed by atoms with Gasteiger partial charge in [-0.05, 0) is 36.4 Å². The maximum absolute atomic E-state index is 13.6. The largest absolute Gasteiger partial charge is 0.345 e. The molecule has 0 aliphatic carbocycles. The van der Waals surface area contributed by atoms with Crippen molar-refractivity contribution < 1.29 is 9.36 Å². The predicted octanol–water partition coefficient (Wildman–Crippen LogP) is 4.30. The molecule has 7 nitrogen and oxygen atoms in total. The molecule has 1 atom stereocenters. The summed E-state index contributed by atoms with van der Waals surface area (Å²) < 4.78 is 13.6. The number of nitrogens with one attached hydrogen (secondary N) is 1. The van der Waals surface area contributed by atoms with Crippen LogP contribution in [-0.2, 0) is 4.57 Å². The second kappa shape index (κ2) is 8.96. The van der Waals surface area contributed by atoms with Gasteiger partial charge in [0.15, 0.2) is 12.4 Å². The predicted molar refractivity (Wildman–Crippen MR) is 135 cm³/mol. The molecule has 1 unspecified atom stereocenters. The van der Waals surface area contributed by atoms with E-state index in [2.05, 4.69) is 20.0 Å². The molecule has 4 aromatic rings. The Morgan fingerprint density at radius 1 is 0.970 bits per heavy atom. The lowest BCUT2D eigenvalue weighted by Crippen LogP contribution is -2.48. The standard InChI is InChI=1S/C24H24N5O2PS/c1-32(31,21-6-2-4-18-5-3-11-25-22(18)21)27-20-9-7-19(8-10-20)23(30)28-13-15-29(16-14-28)24-26-12-17-33-24/h2-12,17H,13-16H2,1H3,(H,27,31). The van der Waals surface area contributed by atoms with E-state index < -0.39 is 7.29 Å². The van der Waals surface area contributed by atoms with Gasteiger partial charge in [-0.1, -0.05) is 18.2 Å². The number of para-hydroxylation sites is 1. The van der Waals surface area contributed by atoms with Gasteiger partial charge in [-0.15, -0.1) is 11.3 Å². The number of hydrogen-bond acceptors (Lipinski definition) is 6. The van der Waals surface area contributed by atoms with E-state index in [-0.39, 0.29) is 5.91 Å². The molecule has 0 saturated carbocycles. The van der Waals surface area contributed by atoms with E-state index in [0.717, 1.165) is 29.1 Å². The third kappa shape index (κ3) is 4.49. The fraction of sp³-hybridized carbons (Fsp3) is 0.208. The number of piperazine rings is 1. The SMILES string of the molecule is CP(=O)(Nc1ccc(C(=O)N2CCN(c3nccs3)CC2)cc1)c1cccc2cccnc12. The number of carbonyl (C=O) groups is 1. The lowest BCUT2D eigenvalue weighted by molar-refractivity contribution is 0.0747. The molecule has 0 radical (unpaired) electrons. The summed E-state index contributed by atoms with van der Waals surface area (Å²) in [7, 11) is -2.93. The second-order valence-corrected chi connectivity index (χ2v) is 11.5. The van der Waals surface area contributed by atoms with Crippen LogP contribution in [-0.4, -0.2) is 53.6 Å². The summed E-state index contributed by atoms with van der Waals surface area (Å²) in [5.41, 5.74) is 2.07. The van der Waals surface area contributed by atoms with Crippen molar-refractivity contribution in [2.24, 2.45) is 0 Å². The molecule has 9 heteroatoms. The first-order valence-corrected chi connectivity index (χ1v) is 13.8. The number of pyridine rings is 1. The molecule has 2 aromatic heterocycles. The fourth-order valence-electron chi connectivity index (χ4n) is 4.08. The molecule has 1 amide bonds. The number of benzene rings is 2. The van der Waals surface area contributed by atoms with E-state index in [9.17, 15) is 9.36 Å². The molecule has 168 valence electrons. The zero-order valence-electron chi connectivity index (χ0n) is 18.2. The van der Waals surface area contributed by atoms with E-state index in [4.69, 9.17) is 0 Å². The van der Waals surface area contributed by atoms with Crippen LogP contribution in [0.15, 0.2) is 72.4 Å². The number of rotatable bonds is 5. The highest BCUT2D eigenvalue weighted by Crippen LogP contribution is 2.42. The highest BCUT2D eigenvalue weighted by molar-refractivity contribution is 7.72. The van der Waals surface area contributed by atoms with E-state index in [1.165, 1.54) is 0 Å². The first kappa shape index (κ1) is 21.6. The maximum atomic E-state index is 13.6. The summed E-state index contributed by atoms with van der Waals surface area (Å²) in [4.78, 5) is 25.8. The van der Waals surface area contributed by atoms with Crippen molar-refractivity contribution in [3.63, 3.8) is 0 Å². The summed E-state index contributed by atoms with van der Waals surface area (Å²) in [6.07, 6.45) is 3.52. The first-order chi connectivity index (χ1) is 16.0. The van der Waals surface area contributed by atoms with Gasteiger partial charge in [-0.3, -0.25) is 14.3 Å². The Balaban J connectivity index is 1.27. The highest BCUT2D eigenvalue weighted by Gasteiger charge is 2.24. The minimum atomic E-state index is -2.93. The third-order valence-electron chi connectivity index (χ3n) is 5.80. The Morgan fingerprint density at radius 2 is 1.73 bits per heavy atom. The van der Waals surface area contributed by atoms with Crippen molar-refractivity contribution in [2.75, 3.05) is 42.8 Å². The van der Waals surface area contributed by atoms with Crippen molar-refractivity contribution >= 4 is 51.6 Å². The number of carbonyl (C=O) groups excluding carboxylic acids is 1. The molecule has 3 heterocycles. The van der Waals surface area contributed by atoms with Crippen LogP contribution in [0, 0.1) is 0 Å². The number of fused-ring (bicyclic) bond motifs is 1. The molecule has 0 spiro atoms. The quantitative estimate of drug-likeness (QED) is 0.432. The Hall–Kier alpha value is -3.22. The van der Waals surface area contributed by atoms with E-state index in [1.54, 1.807) is 42.5 Å². The van der Waals surface area contributed by atoms with Gasteiger partial charge in [0, 0.05) is 67.3 Å². The summed E-state index contributed by atoms with van der Waals surface area (Å²) in [6, 6.07) is 16.8. The number of amides is 1. The molecule has 0 bridgehead atoms. The van der Waals surface area contributed by atoms with Gasteiger partial charge in [0.25, 0.3) is 5.91 Å². The summed E-state index contributed by atoms with van der Waals surface area (Å²) in [6.45, 7) is 4.58. The monoisotopic (exact) mass is 477 g/mol. The molecule has 1 fully saturated rings. The zero-order valence-corrected chi connectivity index (χ0v) is 19.9. The third-order valence-corrected chi connectivity index (χ3v) is 8.60. The lowest BCUT2D eigenvalue weighted by Gasteiger charge is -2.34. The Morgan fingerprint density at radius 3 is 2.45 bits per heavy atom. The van der Waals surface area contributed by atoms with Gasteiger partial charge in [-0.25, -0.2) is 4.98 Å². The van der Waals surface area contributed by atoms with E-state index in [1.807, 2.05) is 52.7 Å². The first-order valence-electron chi connectivity index (χ1n) is 10.8. The molecular weight excluding hydrogens is 453 g/mol. The van der Waals surface area contributed by atoms with Gasteiger partial charge in [-0.2, -0.15) is 0 Å². The van der Waals surface area contributed by atoms with E-state index >= 15 is 0 Å². The summed E-state index contributed by atoms with van der Waals surface area (Å²) >= 11 is 1.62. The topological polar surface area (TPSA) is 78.4 Å². The van der Waals surface area contributed by atoms with Gasteiger partial charge >= 0.3 is 0 Å². The molecule has 33 heavy (non-hydrogen) atoms. The zero-order chi connectivity index (χ0) is 22.8. The number of hydrogen-bond donors (Lipinski definition) is 1. The van der Waals surface area contributed by atoms with Crippen LogP contribution in [0.2, 0.25) is 0 Å². The van der Waals surface area contributed by atoms with Crippen molar-refractivity contribution in [3.05, 3.63) is 77.9 Å². The van der Waals surface area contributed by atoms with Crippen LogP contribution in [0.3, 0.4) is 0 Å². The van der Waals surface area contributed by atoms with Gasteiger partial charge in [0.2, 0.25) is 0 Å². The molecule has 5 rings (SSSR count). The van der Waals surface area contributed by atoms with Crippen LogP contribution < -0.4 is 15.3 Å². The lowest BCUT2D eigenvalue weighted by atomic mass is 10.1. The van der Waals surface area contributed by atoms with Gasteiger partial charge in [0.05, 0.1) is 10.8 Å². The van der Waals surface area contributed by atoms with Crippen molar-refractivity contribution in [1.82, 2.24) is 14.9 Å². The average molecular weight is 478 g/mol. The molecule has 2 aromatic carbocycles. The van der Waals surface area contributed by atoms with Crippen molar-refractivity contribution in [2.45, 2.75) is 0 Å². The summed E-state index contributed by atoms with van der Waals surface area (Å²) in [5, 5.41) is 7.79. The second-order valence-electron chi connectivity index (χ2n) is 8.06. The molecule has 1 aliphatic rings. The maximum Gasteiger partial charge on any atom is 0.253 e. The minimum Gasteiger partial charge on any atom is -0.345 e. The van der Waals surface area contributed by atoms with E-state index in [0.29, 0.717) is 29.6 Å². The molecular formula is C24H24N5O2PS. The molecule has 1 aliphatic heterocycles. The van der Waals surface area contributed by atoms with Crippen LogP contribution in [0.1, 0.15) is 10.4 Å². The van der Waals surface area contributed by atoms with Crippen LogP contribution in [0.4, 0.5) is 10.8 Å². The van der Waals surface area contributed by atoms with Crippen LogP contribution >= 0.6 is 18.6 Å². The normalized spacial score (nSPS) is 15.9. The minimum absolute atomic E-state index is 0.0123. The Kier molecular flexibility index (Phi) is 5.87. The molecule has 1 saturated heterocycles. The van der Waals surface area contributed by atoms with Crippen molar-refractivity contribution in [1.29, 1.82) is 0 Å². The van der Waals surface area contributed by atoms with Crippen LogP contribution in [0.25, 0.3) is 10.9 Å². The van der Waals surface area contributed by atoms with Crippen molar-refractivity contribution in [3.8, 4) is 0 Å². The smallest absolute Gasteiger partial charge is 0.253 e. The summed E-state index contributed by atoms with van der Waals surface area (Å²) in [5.74, 6) is 0.0123. The van der Waals surface area contributed by atoms with Gasteiger partial charge < -0.3 is 14.9 Å². The van der Waals surface area contributed by atoms with Gasteiger partial charge in [0.1, 0.15) is 0 Å². The molecule has 1 N–H and O–H groups in total. The average Bonchev–Trinajstić information content (AvgIpc) is 3.39. The Labute approximate surface area is 196 Å². The highest BCUT2D eigenvalue weighted by atomic mass is 32.1. The number of nitrogens with zero attached hydrogens (tertiary/aromatic N) is 4. The Bertz CT molecular complexity index is 1310. The van der Waals surface area contributed by atoms with Crippen LogP contribution in [0.5, 0.6) is 0 Å².